The predicted octanol–water partition coefficient (Wildman–Crippen LogP) is 3.50. The summed E-state index contributed by atoms with van der Waals surface area (Å²) in [4.78, 5) is 30.9. The number of aromatic amines is 1. The summed E-state index contributed by atoms with van der Waals surface area (Å²) in [6.07, 6.45) is 1.64. The van der Waals surface area contributed by atoms with Crippen LogP contribution in [-0.4, -0.2) is 21.1 Å². The molecule has 23 heavy (non-hydrogen) atoms. The summed E-state index contributed by atoms with van der Waals surface area (Å²) in [5, 5.41) is 3.40. The molecule has 5 nitrogen and oxygen atoms in total. The van der Waals surface area contributed by atoms with Crippen molar-refractivity contribution in [3.8, 4) is 0 Å². The number of nitrogens with one attached hydrogen (secondary N) is 2. The van der Waals surface area contributed by atoms with E-state index in [1.165, 1.54) is 17.8 Å². The highest BCUT2D eigenvalue weighted by Crippen LogP contribution is 2.21. The van der Waals surface area contributed by atoms with E-state index >= 15 is 0 Å². The fraction of sp³-hybridized carbons (Fsp3) is 0.312. The van der Waals surface area contributed by atoms with Crippen LogP contribution in [0.4, 0.5) is 5.69 Å². The molecule has 0 aliphatic carbocycles. The number of hydrogen-bond donors (Lipinski definition) is 2. The Hall–Kier alpha value is -1.79. The largest absolute Gasteiger partial charge is 0.325 e. The summed E-state index contributed by atoms with van der Waals surface area (Å²) in [5.41, 5.74) is 1.17. The van der Waals surface area contributed by atoms with Crippen molar-refractivity contribution in [1.29, 1.82) is 0 Å². The van der Waals surface area contributed by atoms with E-state index in [1.807, 2.05) is 6.92 Å². The molecule has 0 spiro atoms. The van der Waals surface area contributed by atoms with E-state index in [-0.39, 0.29) is 11.5 Å². The first-order chi connectivity index (χ1) is 11.0. The molecule has 0 aliphatic rings. The van der Waals surface area contributed by atoms with Gasteiger partial charge in [0.2, 0.25) is 5.91 Å². The Kier molecular flexibility index (Phi) is 6.24. The second-order valence-corrected chi connectivity index (χ2v) is 6.82. The smallest absolute Gasteiger partial charge is 0.251 e. The number of H-pyrrole nitrogens is 1. The maximum Gasteiger partial charge on any atom is 0.251 e. The highest BCUT2D eigenvalue weighted by atomic mass is 35.5. The normalized spacial score (nSPS) is 12.0. The molecule has 2 aromatic rings. The van der Waals surface area contributed by atoms with Gasteiger partial charge in [-0.3, -0.25) is 9.59 Å². The van der Waals surface area contributed by atoms with E-state index in [2.05, 4.69) is 15.3 Å². The Morgan fingerprint density at radius 1 is 1.43 bits per heavy atom. The Morgan fingerprint density at radius 2 is 2.22 bits per heavy atom. The first-order valence-corrected chi connectivity index (χ1v) is 8.57. The summed E-state index contributed by atoms with van der Waals surface area (Å²) in [7, 11) is 0. The minimum absolute atomic E-state index is 0.180. The number of rotatable bonds is 6. The molecule has 1 heterocycles. The molecule has 2 N–H and O–H groups in total. The van der Waals surface area contributed by atoms with Gasteiger partial charge >= 0.3 is 0 Å². The van der Waals surface area contributed by atoms with Crippen molar-refractivity contribution in [1.82, 2.24) is 9.97 Å². The van der Waals surface area contributed by atoms with Gasteiger partial charge in [-0.25, -0.2) is 4.98 Å². The summed E-state index contributed by atoms with van der Waals surface area (Å²) in [6.45, 7) is 3.79. The van der Waals surface area contributed by atoms with E-state index in [4.69, 9.17) is 11.6 Å². The second-order valence-electron chi connectivity index (χ2n) is 5.05. The Bertz CT molecular complexity index is 748. The number of thioether (sulfide) groups is 1. The third-order valence-electron chi connectivity index (χ3n) is 3.03. The number of amides is 1. The zero-order chi connectivity index (χ0) is 16.8. The van der Waals surface area contributed by atoms with Crippen LogP contribution in [-0.2, 0) is 11.2 Å². The molecule has 1 atom stereocenters. The number of carbonyl (C=O) groups excluding carboxylic acids is 1. The third kappa shape index (κ3) is 5.41. The van der Waals surface area contributed by atoms with Crippen LogP contribution in [0, 0.1) is 0 Å². The molecule has 2 rings (SSSR count). The monoisotopic (exact) mass is 351 g/mol. The average molecular weight is 352 g/mol. The zero-order valence-corrected chi connectivity index (χ0v) is 14.5. The molecule has 0 radical (unpaired) electrons. The molecule has 0 unspecified atom stereocenters. The maximum absolute atomic E-state index is 12.2. The van der Waals surface area contributed by atoms with Gasteiger partial charge in [0, 0.05) is 22.5 Å². The van der Waals surface area contributed by atoms with E-state index in [0.29, 0.717) is 15.9 Å². The number of anilines is 1. The highest BCUT2D eigenvalue weighted by molar-refractivity contribution is 8.00. The second kappa shape index (κ2) is 8.17. The summed E-state index contributed by atoms with van der Waals surface area (Å²) in [5.74, 6) is -0.180. The standard InChI is InChI=1S/C16H18ClN3O2S/c1-3-5-12-9-14(21)20-16(19-12)23-10(2)15(22)18-13-7-4-6-11(17)8-13/h4,6-10H,3,5H2,1-2H3,(H,18,22)(H,19,20,21)/t10-/m0/s1. The van der Waals surface area contributed by atoms with Crippen LogP contribution in [0.2, 0.25) is 5.02 Å². The van der Waals surface area contributed by atoms with Crippen molar-refractivity contribution >= 4 is 35.0 Å². The van der Waals surface area contributed by atoms with Gasteiger partial charge in [0.1, 0.15) is 0 Å². The minimum Gasteiger partial charge on any atom is -0.325 e. The van der Waals surface area contributed by atoms with Crippen molar-refractivity contribution < 1.29 is 4.79 Å². The topological polar surface area (TPSA) is 74.8 Å². The molecule has 0 saturated carbocycles. The van der Waals surface area contributed by atoms with Gasteiger partial charge in [-0.2, -0.15) is 0 Å². The molecule has 1 aromatic heterocycles. The first-order valence-electron chi connectivity index (χ1n) is 7.31. The number of benzene rings is 1. The number of halogens is 1. The summed E-state index contributed by atoms with van der Waals surface area (Å²) >= 11 is 7.11. The molecule has 0 bridgehead atoms. The first kappa shape index (κ1) is 17.6. The highest BCUT2D eigenvalue weighted by Gasteiger charge is 2.16. The maximum atomic E-state index is 12.2. The minimum atomic E-state index is -0.408. The van der Waals surface area contributed by atoms with E-state index in [1.54, 1.807) is 31.2 Å². The zero-order valence-electron chi connectivity index (χ0n) is 12.9. The fourth-order valence-electron chi connectivity index (χ4n) is 1.95. The van der Waals surface area contributed by atoms with Crippen molar-refractivity contribution in [2.24, 2.45) is 0 Å². The van der Waals surface area contributed by atoms with Gasteiger partial charge in [-0.1, -0.05) is 42.8 Å². The molecule has 1 aromatic carbocycles. The van der Waals surface area contributed by atoms with Crippen LogP contribution in [0.15, 0.2) is 40.3 Å². The van der Waals surface area contributed by atoms with Gasteiger partial charge < -0.3 is 10.3 Å². The van der Waals surface area contributed by atoms with Crippen LogP contribution in [0.1, 0.15) is 26.0 Å². The lowest BCUT2D eigenvalue weighted by Crippen LogP contribution is -2.23. The number of carbonyl (C=O) groups is 1. The number of aryl methyl sites for hydroxylation is 1. The molecule has 7 heteroatoms. The summed E-state index contributed by atoms with van der Waals surface area (Å²) in [6, 6.07) is 8.44. The van der Waals surface area contributed by atoms with Crippen LogP contribution in [0.3, 0.4) is 0 Å². The molecule has 0 saturated heterocycles. The lowest BCUT2D eigenvalue weighted by Gasteiger charge is -2.12. The van der Waals surface area contributed by atoms with Crippen molar-refractivity contribution in [2.75, 3.05) is 5.32 Å². The van der Waals surface area contributed by atoms with Crippen LogP contribution in [0.5, 0.6) is 0 Å². The lowest BCUT2D eigenvalue weighted by molar-refractivity contribution is -0.115. The van der Waals surface area contributed by atoms with E-state index < -0.39 is 5.25 Å². The van der Waals surface area contributed by atoms with Crippen LogP contribution >= 0.6 is 23.4 Å². The molecular weight excluding hydrogens is 334 g/mol. The van der Waals surface area contributed by atoms with Crippen molar-refractivity contribution in [2.45, 2.75) is 37.1 Å². The molecule has 1 amide bonds. The molecular formula is C16H18ClN3O2S. The molecule has 122 valence electrons. The van der Waals surface area contributed by atoms with Crippen LogP contribution in [0.25, 0.3) is 0 Å². The van der Waals surface area contributed by atoms with Gasteiger partial charge in [0.25, 0.3) is 5.56 Å². The Morgan fingerprint density at radius 3 is 2.91 bits per heavy atom. The van der Waals surface area contributed by atoms with E-state index in [9.17, 15) is 9.59 Å². The predicted molar refractivity (Wildman–Crippen MR) is 94.3 cm³/mol. The SMILES string of the molecule is CCCc1cc(=O)[nH]c(S[C@@H](C)C(=O)Nc2cccc(Cl)c2)n1. The van der Waals surface area contributed by atoms with Gasteiger partial charge in [0.05, 0.1) is 5.25 Å². The lowest BCUT2D eigenvalue weighted by atomic mass is 10.2. The number of nitrogens with zero attached hydrogens (tertiary/aromatic N) is 1. The molecule has 0 fully saturated rings. The third-order valence-corrected chi connectivity index (χ3v) is 4.25. The fourth-order valence-corrected chi connectivity index (χ4v) is 2.98. The van der Waals surface area contributed by atoms with Gasteiger partial charge in [-0.05, 0) is 31.5 Å². The molecule has 0 aliphatic heterocycles. The average Bonchev–Trinajstić information content (AvgIpc) is 2.46. The Labute approximate surface area is 143 Å². The van der Waals surface area contributed by atoms with Crippen molar-refractivity contribution in [3.05, 3.63) is 51.4 Å². The number of hydrogen-bond acceptors (Lipinski definition) is 4. The van der Waals surface area contributed by atoms with Gasteiger partial charge in [-0.15, -0.1) is 0 Å². The number of aromatic nitrogens is 2. The quantitative estimate of drug-likeness (QED) is 0.617. The van der Waals surface area contributed by atoms with Crippen molar-refractivity contribution in [3.63, 3.8) is 0 Å². The van der Waals surface area contributed by atoms with Crippen LogP contribution < -0.4 is 10.9 Å². The summed E-state index contributed by atoms with van der Waals surface area (Å²) < 4.78 is 0. The van der Waals surface area contributed by atoms with E-state index in [0.717, 1.165) is 18.5 Å². The Balaban J connectivity index is 2.04. The van der Waals surface area contributed by atoms with Gasteiger partial charge in [0.15, 0.2) is 5.16 Å².